The summed E-state index contributed by atoms with van der Waals surface area (Å²) in [6, 6.07) is 5.33. The zero-order valence-corrected chi connectivity index (χ0v) is 11.6. The van der Waals surface area contributed by atoms with E-state index in [0.717, 1.165) is 5.52 Å². The smallest absolute Gasteiger partial charge is 0.250 e. The van der Waals surface area contributed by atoms with Gasteiger partial charge >= 0.3 is 0 Å². The summed E-state index contributed by atoms with van der Waals surface area (Å²) >= 11 is 0. The maximum Gasteiger partial charge on any atom is 0.250 e. The second-order valence-corrected chi connectivity index (χ2v) is 4.21. The van der Waals surface area contributed by atoms with Crippen LogP contribution in [0.3, 0.4) is 0 Å². The van der Waals surface area contributed by atoms with Crippen LogP contribution in [0.15, 0.2) is 22.6 Å². The molecule has 0 aliphatic heterocycles. The first-order chi connectivity index (χ1) is 9.69. The van der Waals surface area contributed by atoms with E-state index >= 15 is 0 Å². The number of nitrogens with one attached hydrogen (secondary N) is 1. The number of hydrogen-bond acceptors (Lipinski definition) is 5. The Balaban J connectivity index is 1.83. The number of carbonyl (C=O) groups excluding carboxylic acids is 1. The molecule has 1 N–H and O–H groups in total. The fourth-order valence-corrected chi connectivity index (χ4v) is 1.74. The van der Waals surface area contributed by atoms with Crippen LogP contribution in [0.25, 0.3) is 11.1 Å². The molecule has 0 aliphatic rings. The number of aryl methyl sites for hydroxylation is 1. The van der Waals surface area contributed by atoms with Crippen molar-refractivity contribution >= 4 is 22.7 Å². The normalized spacial score (nSPS) is 10.9. The third-order valence-corrected chi connectivity index (χ3v) is 2.59. The fourth-order valence-electron chi connectivity index (χ4n) is 1.74. The number of carbonyl (C=O) groups is 1. The van der Waals surface area contributed by atoms with Gasteiger partial charge in [0.1, 0.15) is 12.1 Å². The van der Waals surface area contributed by atoms with Crippen molar-refractivity contribution in [3.63, 3.8) is 0 Å². The molecule has 6 heteroatoms. The maximum atomic E-state index is 11.7. The van der Waals surface area contributed by atoms with Crippen molar-refractivity contribution in [3.8, 4) is 0 Å². The average Bonchev–Trinajstić information content (AvgIpc) is 2.78. The molecule has 0 radical (unpaired) electrons. The van der Waals surface area contributed by atoms with Gasteiger partial charge in [0, 0.05) is 25.3 Å². The summed E-state index contributed by atoms with van der Waals surface area (Å²) in [5.41, 5.74) is 2.08. The molecule has 1 aromatic carbocycles. The Hall–Kier alpha value is -1.92. The second-order valence-electron chi connectivity index (χ2n) is 4.21. The van der Waals surface area contributed by atoms with Crippen LogP contribution >= 0.6 is 0 Å². The van der Waals surface area contributed by atoms with Crippen molar-refractivity contribution in [2.75, 3.05) is 31.7 Å². The molecule has 0 fully saturated rings. The summed E-state index contributed by atoms with van der Waals surface area (Å²) in [5, 5.41) is 2.74. The van der Waals surface area contributed by atoms with Crippen LogP contribution < -0.4 is 5.32 Å². The molecule has 2 aromatic rings. The van der Waals surface area contributed by atoms with Gasteiger partial charge in [0.25, 0.3) is 0 Å². The van der Waals surface area contributed by atoms with E-state index in [2.05, 4.69) is 10.3 Å². The van der Waals surface area contributed by atoms with Gasteiger partial charge in [-0.15, -0.1) is 0 Å². The van der Waals surface area contributed by atoms with Gasteiger partial charge in [-0.2, -0.15) is 0 Å². The Morgan fingerprint density at radius 3 is 2.95 bits per heavy atom. The lowest BCUT2D eigenvalue weighted by Crippen LogP contribution is -2.19. The van der Waals surface area contributed by atoms with Crippen molar-refractivity contribution < 1.29 is 18.7 Å². The monoisotopic (exact) mass is 278 g/mol. The van der Waals surface area contributed by atoms with E-state index in [1.807, 2.05) is 6.92 Å². The van der Waals surface area contributed by atoms with Gasteiger partial charge in [0.2, 0.25) is 5.91 Å². The van der Waals surface area contributed by atoms with Crippen LogP contribution in [0, 0.1) is 6.92 Å². The Labute approximate surface area is 117 Å². The number of benzene rings is 1. The van der Waals surface area contributed by atoms with Gasteiger partial charge in [0.05, 0.1) is 13.2 Å². The topological polar surface area (TPSA) is 73.6 Å². The number of fused-ring (bicyclic) bond motifs is 1. The molecule has 0 spiro atoms. The van der Waals surface area contributed by atoms with Gasteiger partial charge in [-0.1, -0.05) is 0 Å². The van der Waals surface area contributed by atoms with Crippen LogP contribution in [0.1, 0.15) is 12.8 Å². The number of ether oxygens (including phenoxy) is 2. The predicted molar refractivity (Wildman–Crippen MR) is 74.7 cm³/mol. The molecule has 0 bridgehead atoms. The number of amides is 1. The summed E-state index contributed by atoms with van der Waals surface area (Å²) in [6.07, 6.45) is 0. The highest BCUT2D eigenvalue weighted by atomic mass is 16.5. The molecular weight excluding hydrogens is 260 g/mol. The van der Waals surface area contributed by atoms with Crippen molar-refractivity contribution in [1.82, 2.24) is 4.98 Å². The number of anilines is 1. The molecule has 0 saturated carbocycles. The van der Waals surface area contributed by atoms with E-state index in [0.29, 0.717) is 37.0 Å². The standard InChI is InChI=1S/C14H18N2O4/c1-3-18-6-7-19-9-14(17)16-11-4-5-12-13(8-11)20-10(2)15-12/h4-5,8H,3,6-7,9H2,1-2H3,(H,16,17). The summed E-state index contributed by atoms with van der Waals surface area (Å²) in [5.74, 6) is 0.389. The highest BCUT2D eigenvalue weighted by molar-refractivity contribution is 5.93. The molecule has 6 nitrogen and oxygen atoms in total. The number of rotatable bonds is 7. The third kappa shape index (κ3) is 4.04. The maximum absolute atomic E-state index is 11.7. The van der Waals surface area contributed by atoms with Crippen LogP contribution in [-0.2, 0) is 14.3 Å². The molecular formula is C14H18N2O4. The Kier molecular flexibility index (Phi) is 5.09. The molecule has 0 unspecified atom stereocenters. The summed E-state index contributed by atoms with van der Waals surface area (Å²) < 4.78 is 15.7. The van der Waals surface area contributed by atoms with Gasteiger partial charge in [0.15, 0.2) is 11.5 Å². The van der Waals surface area contributed by atoms with E-state index in [-0.39, 0.29) is 12.5 Å². The van der Waals surface area contributed by atoms with Crippen LogP contribution in [-0.4, -0.2) is 37.3 Å². The molecule has 20 heavy (non-hydrogen) atoms. The van der Waals surface area contributed by atoms with Crippen molar-refractivity contribution in [2.45, 2.75) is 13.8 Å². The SMILES string of the molecule is CCOCCOCC(=O)Nc1ccc2nc(C)oc2c1. The summed E-state index contributed by atoms with van der Waals surface area (Å²) in [4.78, 5) is 15.9. The minimum atomic E-state index is -0.211. The van der Waals surface area contributed by atoms with Crippen molar-refractivity contribution in [1.29, 1.82) is 0 Å². The first kappa shape index (κ1) is 14.5. The molecule has 1 heterocycles. The Bertz CT molecular complexity index is 580. The lowest BCUT2D eigenvalue weighted by molar-refractivity contribution is -0.121. The molecule has 1 aromatic heterocycles. The van der Waals surface area contributed by atoms with Gasteiger partial charge < -0.3 is 19.2 Å². The van der Waals surface area contributed by atoms with Gasteiger partial charge in [-0.25, -0.2) is 4.98 Å². The predicted octanol–water partition coefficient (Wildman–Crippen LogP) is 2.13. The first-order valence-corrected chi connectivity index (χ1v) is 6.51. The minimum absolute atomic E-state index is 0.000540. The number of hydrogen-bond donors (Lipinski definition) is 1. The average molecular weight is 278 g/mol. The number of oxazole rings is 1. The van der Waals surface area contributed by atoms with Gasteiger partial charge in [-0.3, -0.25) is 4.79 Å². The van der Waals surface area contributed by atoms with E-state index in [1.165, 1.54) is 0 Å². The lowest BCUT2D eigenvalue weighted by Gasteiger charge is -2.06. The highest BCUT2D eigenvalue weighted by Crippen LogP contribution is 2.19. The van der Waals surface area contributed by atoms with E-state index < -0.39 is 0 Å². The largest absolute Gasteiger partial charge is 0.441 e. The minimum Gasteiger partial charge on any atom is -0.441 e. The third-order valence-electron chi connectivity index (χ3n) is 2.59. The quantitative estimate of drug-likeness (QED) is 0.785. The number of nitrogens with zero attached hydrogens (tertiary/aromatic N) is 1. The van der Waals surface area contributed by atoms with Crippen LogP contribution in [0.2, 0.25) is 0 Å². The van der Waals surface area contributed by atoms with Crippen LogP contribution in [0.5, 0.6) is 0 Å². The van der Waals surface area contributed by atoms with Crippen molar-refractivity contribution in [3.05, 3.63) is 24.1 Å². The molecule has 2 rings (SSSR count). The molecule has 0 saturated heterocycles. The summed E-state index contributed by atoms with van der Waals surface area (Å²) in [6.45, 7) is 5.24. The Morgan fingerprint density at radius 1 is 1.35 bits per heavy atom. The second kappa shape index (κ2) is 7.02. The lowest BCUT2D eigenvalue weighted by atomic mass is 10.3. The zero-order chi connectivity index (χ0) is 14.4. The van der Waals surface area contributed by atoms with Crippen molar-refractivity contribution in [2.24, 2.45) is 0 Å². The summed E-state index contributed by atoms with van der Waals surface area (Å²) in [7, 11) is 0. The highest BCUT2D eigenvalue weighted by Gasteiger charge is 2.06. The fraction of sp³-hybridized carbons (Fsp3) is 0.429. The molecule has 108 valence electrons. The van der Waals surface area contributed by atoms with Gasteiger partial charge in [-0.05, 0) is 19.1 Å². The van der Waals surface area contributed by atoms with E-state index in [1.54, 1.807) is 25.1 Å². The van der Waals surface area contributed by atoms with E-state index in [4.69, 9.17) is 13.9 Å². The van der Waals surface area contributed by atoms with E-state index in [9.17, 15) is 4.79 Å². The Morgan fingerprint density at radius 2 is 2.15 bits per heavy atom. The zero-order valence-electron chi connectivity index (χ0n) is 11.6. The molecule has 0 aliphatic carbocycles. The number of aromatic nitrogens is 1. The molecule has 0 atom stereocenters. The van der Waals surface area contributed by atoms with Crippen LogP contribution in [0.4, 0.5) is 5.69 Å². The molecule has 1 amide bonds. The first-order valence-electron chi connectivity index (χ1n) is 6.51.